The number of aldehydes is 1. The van der Waals surface area contributed by atoms with Crippen LogP contribution in [-0.2, 0) is 23.2 Å². The van der Waals surface area contributed by atoms with Gasteiger partial charge < -0.3 is 0 Å². The molecule has 0 aromatic heterocycles. The van der Waals surface area contributed by atoms with E-state index in [0.29, 0.717) is 29.5 Å². The van der Waals surface area contributed by atoms with Crippen molar-refractivity contribution in [2.45, 2.75) is 221 Å². The first-order chi connectivity index (χ1) is 23.7. The molecule has 0 aliphatic heterocycles. The van der Waals surface area contributed by atoms with Crippen molar-refractivity contribution in [3.05, 3.63) is 10.2 Å². The molecule has 0 spiro atoms. The zero-order valence-corrected chi connectivity index (χ0v) is 40.7. The predicted octanol–water partition coefficient (Wildman–Crippen LogP) is 13.5. The van der Waals surface area contributed by atoms with Crippen LogP contribution in [0.1, 0.15) is 161 Å². The molecular formula is C42H86O5Si2Sn. The summed E-state index contributed by atoms with van der Waals surface area (Å²) in [6.07, 6.45) is 14.7. The Morgan fingerprint density at radius 2 is 1.18 bits per heavy atom. The van der Waals surface area contributed by atoms with Crippen LogP contribution >= 0.6 is 0 Å². The molecule has 0 aliphatic carbocycles. The third kappa shape index (κ3) is 16.2. The molecule has 8 heteroatoms. The molecule has 0 saturated heterocycles. The van der Waals surface area contributed by atoms with Crippen LogP contribution in [0.5, 0.6) is 0 Å². The molecule has 0 rings (SSSR count). The summed E-state index contributed by atoms with van der Waals surface area (Å²) in [6, 6.07) is 3.26. The van der Waals surface area contributed by atoms with E-state index in [2.05, 4.69) is 100 Å². The number of carbonyl (C=O) groups is 2. The Kier molecular flexibility index (Phi) is 26.8. The van der Waals surface area contributed by atoms with Gasteiger partial charge in [0.05, 0.1) is 0 Å². The fourth-order valence-electron chi connectivity index (χ4n) is 8.81. The van der Waals surface area contributed by atoms with Crippen molar-refractivity contribution in [2.24, 2.45) is 11.8 Å². The molecule has 0 radical (unpaired) electrons. The second-order valence-electron chi connectivity index (χ2n) is 16.6. The van der Waals surface area contributed by atoms with Gasteiger partial charge in [-0.05, 0) is 0 Å². The van der Waals surface area contributed by atoms with Gasteiger partial charge in [-0.15, -0.1) is 0 Å². The maximum atomic E-state index is 13.1. The molecule has 0 aliphatic rings. The van der Waals surface area contributed by atoms with Crippen LogP contribution in [0.3, 0.4) is 0 Å². The van der Waals surface area contributed by atoms with Crippen molar-refractivity contribution in [3.63, 3.8) is 0 Å². The summed E-state index contributed by atoms with van der Waals surface area (Å²) in [4.78, 5) is 24.6. The molecule has 0 aromatic rings. The third-order valence-corrected chi connectivity index (χ3v) is 37.3. The van der Waals surface area contributed by atoms with E-state index in [0.717, 1.165) is 43.7 Å². The topological polar surface area (TPSA) is 61.8 Å². The van der Waals surface area contributed by atoms with Crippen LogP contribution in [0.4, 0.5) is 0 Å². The van der Waals surface area contributed by atoms with Crippen molar-refractivity contribution in [1.82, 2.24) is 0 Å². The number of hydrogen-bond acceptors (Lipinski definition) is 5. The van der Waals surface area contributed by atoms with Gasteiger partial charge in [-0.25, -0.2) is 0 Å². The van der Waals surface area contributed by atoms with E-state index in [1.165, 1.54) is 58.9 Å². The second kappa shape index (κ2) is 26.7. The summed E-state index contributed by atoms with van der Waals surface area (Å²) in [7, 11) is -2.68. The number of esters is 1. The molecule has 0 fully saturated rings. The maximum absolute atomic E-state index is 13.1. The van der Waals surface area contributed by atoms with Gasteiger partial charge in [0.15, 0.2) is 0 Å². The molecule has 4 atom stereocenters. The molecular weight excluding hydrogens is 759 g/mol. The van der Waals surface area contributed by atoms with E-state index in [1.807, 2.05) is 0 Å². The Bertz CT molecular complexity index is 868. The normalized spacial score (nSPS) is 15.6. The number of carbonyl (C=O) groups excluding carboxylic acids is 2. The van der Waals surface area contributed by atoms with Gasteiger partial charge in [0.25, 0.3) is 0 Å². The number of rotatable bonds is 31. The quantitative estimate of drug-likeness (QED) is 0.0301. The second-order valence-corrected chi connectivity index (χ2v) is 39.8. The molecule has 0 bridgehead atoms. The molecule has 0 aromatic carbocycles. The van der Waals surface area contributed by atoms with Crippen molar-refractivity contribution in [1.29, 1.82) is 0 Å². The minimum absolute atomic E-state index is 0.00997. The molecule has 0 unspecified atom stereocenters. The Hall–Kier alpha value is 0.0325. The molecule has 0 amide bonds. The van der Waals surface area contributed by atoms with Gasteiger partial charge in [0.1, 0.15) is 0 Å². The number of hydrogen-bond donors (Lipinski definition) is 0. The summed E-state index contributed by atoms with van der Waals surface area (Å²) in [5.74, 6) is 0.0894. The monoisotopic (exact) mass is 847 g/mol. The third-order valence-electron chi connectivity index (χ3n) is 12.4. The summed E-state index contributed by atoms with van der Waals surface area (Å²) in [6.45, 7) is 30.5. The summed E-state index contributed by atoms with van der Waals surface area (Å²) < 4.78 is 27.5. The number of methoxy groups -OCH3 is 1. The average Bonchev–Trinajstić information content (AvgIpc) is 3.09. The van der Waals surface area contributed by atoms with Gasteiger partial charge in [-0.1, -0.05) is 0 Å². The Balaban J connectivity index is 7.28. The number of unbranched alkanes of at least 4 members (excludes halogenated alkanes) is 4. The summed E-state index contributed by atoms with van der Waals surface area (Å²) in [5.41, 5.74) is 1.43. The van der Waals surface area contributed by atoms with E-state index in [4.69, 9.17) is 13.6 Å². The van der Waals surface area contributed by atoms with Gasteiger partial charge in [0, 0.05) is 0 Å². The van der Waals surface area contributed by atoms with Crippen molar-refractivity contribution in [2.75, 3.05) is 7.11 Å². The molecule has 5 nitrogen and oxygen atoms in total. The predicted molar refractivity (Wildman–Crippen MR) is 226 cm³/mol. The van der Waals surface area contributed by atoms with Gasteiger partial charge >= 0.3 is 320 Å². The Labute approximate surface area is 318 Å². The van der Waals surface area contributed by atoms with Crippen molar-refractivity contribution >= 4 is 47.3 Å². The zero-order chi connectivity index (χ0) is 38.4. The summed E-state index contributed by atoms with van der Waals surface area (Å²) >= 11 is -2.60. The van der Waals surface area contributed by atoms with E-state index in [-0.39, 0.29) is 30.0 Å². The van der Waals surface area contributed by atoms with Gasteiger partial charge in [0.2, 0.25) is 0 Å². The standard InChI is InChI=1S/C30H59O5Si2.3C4H9.Sn/c1-13-27(22-30(32)33-12)21-29(34-36(14-2,15-3)16-4)26(11)28(19-17-18-20-31)35-37(23(5)6,24(7)8)25(9)10;3*1-3-4-2;/h1,13,20,23-29H,14-19,21-22H2,2-12H3;3*1,3-4H2,2H3;/t26-,27+,28+,29-;;;;/m0..../s1. The van der Waals surface area contributed by atoms with Crippen molar-refractivity contribution in [3.8, 4) is 0 Å². The van der Waals surface area contributed by atoms with Gasteiger partial charge in [-0.3, -0.25) is 0 Å². The van der Waals surface area contributed by atoms with Crippen LogP contribution in [-0.4, -0.2) is 66.6 Å². The van der Waals surface area contributed by atoms with Crippen LogP contribution in [0.25, 0.3) is 0 Å². The first kappa shape index (κ1) is 50.0. The van der Waals surface area contributed by atoms with E-state index < -0.39 is 35.0 Å². The zero-order valence-electron chi connectivity index (χ0n) is 35.8. The van der Waals surface area contributed by atoms with Gasteiger partial charge in [-0.2, -0.15) is 0 Å². The minimum atomic E-state index is -2.60. The Morgan fingerprint density at radius 3 is 1.56 bits per heavy atom. The van der Waals surface area contributed by atoms with Crippen LogP contribution < -0.4 is 0 Å². The fraction of sp³-hybridized carbons (Fsp3) is 0.905. The Morgan fingerprint density at radius 1 is 0.700 bits per heavy atom. The van der Waals surface area contributed by atoms with Crippen LogP contribution in [0, 0.1) is 11.8 Å². The fourth-order valence-corrected chi connectivity index (χ4v) is 32.0. The molecule has 0 saturated carbocycles. The van der Waals surface area contributed by atoms with E-state index >= 15 is 0 Å². The number of allylic oxidation sites excluding steroid dienone is 1. The average molecular weight is 846 g/mol. The van der Waals surface area contributed by atoms with Crippen LogP contribution in [0.2, 0.25) is 48.1 Å². The molecule has 296 valence electrons. The first-order valence-electron chi connectivity index (χ1n) is 21.2. The van der Waals surface area contributed by atoms with Crippen LogP contribution in [0.15, 0.2) is 10.2 Å². The molecule has 0 heterocycles. The first-order valence-corrected chi connectivity index (χ1v) is 33.6. The summed E-state index contributed by atoms with van der Waals surface area (Å²) in [5, 5.41) is 0. The van der Waals surface area contributed by atoms with E-state index in [1.54, 1.807) is 0 Å². The van der Waals surface area contributed by atoms with E-state index in [9.17, 15) is 9.59 Å². The van der Waals surface area contributed by atoms with Crippen molar-refractivity contribution < 1.29 is 23.2 Å². The SMILES string of the molecule is CCC[CH2][Sn](/[CH]=C/[C@@H](CC(=O)OC)C[C@H](O[Si](CC)(CC)CC)[C@@H](C)[C@@H](CCCC=O)O[Si](C(C)C)(C(C)C)C(C)C)([CH2]CCC)[CH2]CCC. The molecule has 50 heavy (non-hydrogen) atoms. The molecule has 0 N–H and O–H groups in total. The number of ether oxygens (including phenoxy) is 1.